The molecule has 2 aliphatic heterocycles. The van der Waals surface area contributed by atoms with E-state index in [-0.39, 0.29) is 0 Å². The molecule has 3 N–H and O–H groups in total. The van der Waals surface area contributed by atoms with Crippen LogP contribution in [0.15, 0.2) is 30.7 Å². The van der Waals surface area contributed by atoms with Gasteiger partial charge in [-0.1, -0.05) is 6.92 Å². The Kier molecular flexibility index (Phi) is 7.53. The van der Waals surface area contributed by atoms with Gasteiger partial charge in [0, 0.05) is 79.4 Å². The Morgan fingerprint density at radius 1 is 1.24 bits per heavy atom. The van der Waals surface area contributed by atoms with E-state index in [4.69, 9.17) is 8.76 Å². The lowest BCUT2D eigenvalue weighted by Gasteiger charge is -2.38. The Hall–Kier alpha value is -2.60. The number of rotatable bonds is 3. The number of H-pyrrole nitrogens is 1. The topological polar surface area (TPSA) is 135 Å². The van der Waals surface area contributed by atoms with Crippen molar-refractivity contribution in [2.75, 3.05) is 50.7 Å². The molecule has 3 aromatic rings. The summed E-state index contributed by atoms with van der Waals surface area (Å²) in [6.45, 7) is 8.28. The highest BCUT2D eigenvalue weighted by Crippen LogP contribution is 2.31. The van der Waals surface area contributed by atoms with Gasteiger partial charge in [-0.2, -0.15) is 0 Å². The number of piperidine rings is 1. The number of aromatic nitrogens is 3. The van der Waals surface area contributed by atoms with Crippen LogP contribution in [0.3, 0.4) is 0 Å². The third kappa shape index (κ3) is 5.67. The molecule has 3 aromatic heterocycles. The lowest BCUT2D eigenvalue weighted by atomic mass is 10.0. The predicted molar refractivity (Wildman–Crippen MR) is 128 cm³/mol. The smallest absolute Gasteiger partial charge is 0.236 e. The van der Waals surface area contributed by atoms with Crippen LogP contribution in [0.1, 0.15) is 19.8 Å². The molecule has 0 aromatic carbocycles. The number of nitrogens with two attached hydrogens (primary N) is 1. The molecule has 0 radical (unpaired) electrons. The first-order valence-electron chi connectivity index (χ1n) is 11.2. The van der Waals surface area contributed by atoms with E-state index in [0.29, 0.717) is 18.4 Å². The monoisotopic (exact) mass is 472 g/mol. The maximum absolute atomic E-state index is 12.7. The summed E-state index contributed by atoms with van der Waals surface area (Å²) >= 11 is -2.36. The Labute approximate surface area is 195 Å². The molecule has 33 heavy (non-hydrogen) atoms. The number of aromatic amines is 1. The highest BCUT2D eigenvalue weighted by atomic mass is 32.2. The molecule has 2 aliphatic rings. The highest BCUT2D eigenvalue weighted by molar-refractivity contribution is 7.76. The van der Waals surface area contributed by atoms with Crippen LogP contribution in [0, 0.1) is 5.92 Å². The van der Waals surface area contributed by atoms with Gasteiger partial charge in [-0.3, -0.25) is 19.0 Å². The molecule has 0 aliphatic carbocycles. The normalized spacial score (nSPS) is 20.5. The molecular formula is C22H30N7O3S-. The predicted octanol–water partition coefficient (Wildman–Crippen LogP) is 1.23. The number of hydrogen-bond acceptors (Lipinski definition) is 7. The number of anilines is 1. The van der Waals surface area contributed by atoms with E-state index in [1.807, 2.05) is 24.7 Å². The number of amides is 1. The SMILES string of the molecule is CC1CCCN(C(=O)CN2CCN(c3cc[nH]c4cnc5nccc5c34)CC2)C1.NS(=O)[O-]. The van der Waals surface area contributed by atoms with Crippen molar-refractivity contribution in [2.24, 2.45) is 11.1 Å². The molecule has 0 saturated carbocycles. The first kappa shape index (κ1) is 23.6. The van der Waals surface area contributed by atoms with Crippen LogP contribution in [-0.2, 0) is 16.1 Å². The average Bonchev–Trinajstić information content (AvgIpc) is 3.28. The largest absolute Gasteiger partial charge is 0.760 e. The zero-order valence-electron chi connectivity index (χ0n) is 18.8. The fourth-order valence-electron chi connectivity index (χ4n) is 4.76. The number of carbonyl (C=O) groups excluding carboxylic acids is 1. The third-order valence-electron chi connectivity index (χ3n) is 6.35. The van der Waals surface area contributed by atoms with Gasteiger partial charge in [0.25, 0.3) is 0 Å². The summed E-state index contributed by atoms with van der Waals surface area (Å²) < 4.78 is 17.6. The van der Waals surface area contributed by atoms with Gasteiger partial charge in [0.15, 0.2) is 5.65 Å². The second-order valence-corrected chi connectivity index (χ2v) is 9.22. The maximum Gasteiger partial charge on any atom is 0.236 e. The number of pyridine rings is 2. The molecule has 5 rings (SSSR count). The second-order valence-electron chi connectivity index (χ2n) is 8.70. The van der Waals surface area contributed by atoms with Gasteiger partial charge in [0.2, 0.25) is 5.91 Å². The first-order chi connectivity index (χ1) is 15.9. The van der Waals surface area contributed by atoms with Crippen molar-refractivity contribution in [2.45, 2.75) is 19.8 Å². The van der Waals surface area contributed by atoms with Crippen molar-refractivity contribution in [1.82, 2.24) is 24.8 Å². The summed E-state index contributed by atoms with van der Waals surface area (Å²) in [6.07, 6.45) is 8.04. The standard InChI is InChI=1S/C22H28N6O.H3NO2S/c1-16-3-2-8-28(14-16)20(29)15-26-9-11-27(12-10-26)19-5-7-23-18-13-25-22-17(21(18)19)4-6-24-22;1-4(2)3/h4-7,13,16,23H,2-3,8-12,14-15H2,1H3;1H2,(H,2,3)/p-1. The second kappa shape index (κ2) is 10.6. The van der Waals surface area contributed by atoms with Crippen molar-refractivity contribution < 1.29 is 13.6 Å². The number of nitrogens with zero attached hydrogens (tertiary/aromatic N) is 5. The molecule has 1 amide bonds. The van der Waals surface area contributed by atoms with Crippen LogP contribution in [0.2, 0.25) is 0 Å². The Balaban J connectivity index is 0.000000601. The minimum absolute atomic E-state index is 0.292. The number of piperazine rings is 1. The quantitative estimate of drug-likeness (QED) is 0.548. The van der Waals surface area contributed by atoms with Gasteiger partial charge >= 0.3 is 0 Å². The summed E-state index contributed by atoms with van der Waals surface area (Å²) in [6, 6.07) is 4.18. The molecule has 0 spiro atoms. The number of carbonyl (C=O) groups is 1. The Morgan fingerprint density at radius 3 is 2.73 bits per heavy atom. The number of nitrogens with one attached hydrogen (secondary N) is 1. The molecule has 2 unspecified atom stereocenters. The van der Waals surface area contributed by atoms with E-state index in [1.165, 1.54) is 17.5 Å². The zero-order valence-corrected chi connectivity index (χ0v) is 19.6. The van der Waals surface area contributed by atoms with Crippen LogP contribution in [0.5, 0.6) is 0 Å². The van der Waals surface area contributed by atoms with Crippen LogP contribution in [-0.4, -0.2) is 85.2 Å². The lowest BCUT2D eigenvalue weighted by Crippen LogP contribution is -2.51. The molecule has 2 saturated heterocycles. The van der Waals surface area contributed by atoms with Gasteiger partial charge in [0.1, 0.15) is 0 Å². The average molecular weight is 473 g/mol. The first-order valence-corrected chi connectivity index (χ1v) is 12.4. The Morgan fingerprint density at radius 2 is 2.00 bits per heavy atom. The van der Waals surface area contributed by atoms with Crippen molar-refractivity contribution >= 4 is 44.8 Å². The third-order valence-corrected chi connectivity index (χ3v) is 6.35. The maximum atomic E-state index is 12.7. The van der Waals surface area contributed by atoms with Crippen LogP contribution >= 0.6 is 0 Å². The number of fused-ring (bicyclic) bond motifs is 3. The summed E-state index contributed by atoms with van der Waals surface area (Å²) in [7, 11) is 0. The molecule has 2 fully saturated rings. The molecule has 2 atom stereocenters. The van der Waals surface area contributed by atoms with E-state index in [1.54, 1.807) is 0 Å². The van der Waals surface area contributed by atoms with Crippen LogP contribution < -0.4 is 10.0 Å². The van der Waals surface area contributed by atoms with Crippen molar-refractivity contribution in [3.8, 4) is 0 Å². The summed E-state index contributed by atoms with van der Waals surface area (Å²) in [5.74, 6) is 0.921. The molecule has 11 heteroatoms. The van der Waals surface area contributed by atoms with Crippen molar-refractivity contribution in [3.63, 3.8) is 0 Å². The zero-order chi connectivity index (χ0) is 23.4. The van der Waals surface area contributed by atoms with E-state index in [2.05, 4.69) is 47.8 Å². The minimum Gasteiger partial charge on any atom is -0.760 e. The molecular weight excluding hydrogens is 442 g/mol. The fourth-order valence-corrected chi connectivity index (χ4v) is 4.76. The van der Waals surface area contributed by atoms with Gasteiger partial charge < -0.3 is 19.3 Å². The molecule has 178 valence electrons. The van der Waals surface area contributed by atoms with E-state index in [0.717, 1.165) is 62.2 Å². The van der Waals surface area contributed by atoms with E-state index in [9.17, 15) is 4.79 Å². The van der Waals surface area contributed by atoms with Crippen molar-refractivity contribution in [1.29, 1.82) is 0 Å². The van der Waals surface area contributed by atoms with Gasteiger partial charge in [0.05, 0.1) is 18.3 Å². The van der Waals surface area contributed by atoms with Gasteiger partial charge in [-0.25, -0.2) is 9.97 Å². The van der Waals surface area contributed by atoms with E-state index < -0.39 is 11.3 Å². The Bertz CT molecular complexity index is 1130. The fraction of sp³-hybridized carbons (Fsp3) is 0.500. The van der Waals surface area contributed by atoms with Gasteiger partial charge in [-0.15, -0.1) is 0 Å². The summed E-state index contributed by atoms with van der Waals surface area (Å²) in [5, 5.41) is 6.30. The van der Waals surface area contributed by atoms with Gasteiger partial charge in [-0.05, 0) is 30.9 Å². The summed E-state index contributed by atoms with van der Waals surface area (Å²) in [4.78, 5) is 31.6. The molecule has 5 heterocycles. The molecule has 10 nitrogen and oxygen atoms in total. The number of hydrogen-bond donors (Lipinski definition) is 2. The lowest BCUT2D eigenvalue weighted by molar-refractivity contribution is -0.134. The van der Waals surface area contributed by atoms with Crippen LogP contribution in [0.4, 0.5) is 5.69 Å². The molecule has 0 bridgehead atoms. The van der Waals surface area contributed by atoms with E-state index >= 15 is 0 Å². The minimum atomic E-state index is -2.36. The highest BCUT2D eigenvalue weighted by Gasteiger charge is 2.25. The van der Waals surface area contributed by atoms with Crippen molar-refractivity contribution in [3.05, 3.63) is 30.7 Å². The summed E-state index contributed by atoms with van der Waals surface area (Å²) in [5.41, 5.74) is 3.04. The van der Waals surface area contributed by atoms with Crippen LogP contribution in [0.25, 0.3) is 21.9 Å². The number of likely N-dealkylation sites (tertiary alicyclic amines) is 1.